The number of likely N-dealkylation sites (N-methyl/N-ethyl adjacent to an activating group) is 1. The van der Waals surface area contributed by atoms with Gasteiger partial charge in [-0.25, -0.2) is 4.79 Å². The predicted molar refractivity (Wildman–Crippen MR) is 138 cm³/mol. The van der Waals surface area contributed by atoms with Crippen LogP contribution in [0.1, 0.15) is 104 Å². The van der Waals surface area contributed by atoms with E-state index in [1.165, 1.54) is 56.7 Å². The number of hydrogen-bond acceptors (Lipinski definition) is 7. The Morgan fingerprint density at radius 2 is 1.68 bits per heavy atom. The number of unbranched alkanes of at least 4 members (excludes halogenated alkanes) is 8. The summed E-state index contributed by atoms with van der Waals surface area (Å²) in [6.07, 6.45) is 14.6. The van der Waals surface area contributed by atoms with Gasteiger partial charge in [-0.15, -0.1) is 4.37 Å². The predicted octanol–water partition coefficient (Wildman–Crippen LogP) is 6.98. The third-order valence-corrected chi connectivity index (χ3v) is 7.07. The van der Waals surface area contributed by atoms with Crippen LogP contribution >= 0.6 is 11.7 Å². The number of ether oxygens (including phenoxy) is 3. The van der Waals surface area contributed by atoms with Crippen molar-refractivity contribution in [2.45, 2.75) is 104 Å². The van der Waals surface area contributed by atoms with Gasteiger partial charge < -0.3 is 14.2 Å². The third-order valence-electron chi connectivity index (χ3n) is 6.56. The van der Waals surface area contributed by atoms with E-state index in [1.807, 2.05) is 0 Å². The van der Waals surface area contributed by atoms with Gasteiger partial charge in [-0.2, -0.15) is 4.37 Å². The summed E-state index contributed by atoms with van der Waals surface area (Å²) in [6.45, 7) is 9.20. The molecule has 0 fully saturated rings. The molecule has 2 atom stereocenters. The Balaban J connectivity index is 1.85. The molecule has 194 valence electrons. The van der Waals surface area contributed by atoms with Crippen LogP contribution in [-0.2, 0) is 9.47 Å². The van der Waals surface area contributed by atoms with Crippen LogP contribution in [0.15, 0.2) is 6.08 Å². The highest BCUT2D eigenvalue weighted by Gasteiger charge is 2.38. The van der Waals surface area contributed by atoms with Crippen molar-refractivity contribution in [1.82, 2.24) is 8.75 Å². The maximum Gasteiger partial charge on any atom is 0.512 e. The van der Waals surface area contributed by atoms with E-state index < -0.39 is 6.16 Å². The summed E-state index contributed by atoms with van der Waals surface area (Å²) in [6, 6.07) is 0. The van der Waals surface area contributed by atoms with Crippen molar-refractivity contribution in [3.63, 3.8) is 0 Å². The Labute approximate surface area is 210 Å². The number of aromatic nitrogens is 2. The van der Waals surface area contributed by atoms with Gasteiger partial charge in [0.15, 0.2) is 0 Å². The van der Waals surface area contributed by atoms with Gasteiger partial charge in [0.05, 0.1) is 38.5 Å². The van der Waals surface area contributed by atoms with Gasteiger partial charge in [-0.3, -0.25) is 4.48 Å². The molecule has 0 spiro atoms. The molecule has 1 aliphatic heterocycles. The molecule has 0 radical (unpaired) electrons. The van der Waals surface area contributed by atoms with Crippen molar-refractivity contribution in [2.75, 3.05) is 33.4 Å². The molecule has 2 heterocycles. The normalized spacial score (nSPS) is 18.9. The van der Waals surface area contributed by atoms with Crippen LogP contribution in [0, 0.1) is 0 Å². The fraction of sp³-hybridized carbons (Fsp3) is 0.808. The lowest BCUT2D eigenvalue weighted by Crippen LogP contribution is -2.56. The van der Waals surface area contributed by atoms with Gasteiger partial charge in [0.25, 0.3) is 5.88 Å². The third kappa shape index (κ3) is 9.53. The molecule has 0 aromatic carbocycles. The average molecular weight is 497 g/mol. The van der Waals surface area contributed by atoms with Crippen molar-refractivity contribution < 1.29 is 23.5 Å². The van der Waals surface area contributed by atoms with Crippen LogP contribution in [0.2, 0.25) is 0 Å². The van der Waals surface area contributed by atoms with Gasteiger partial charge in [0.2, 0.25) is 6.23 Å². The zero-order valence-corrected chi connectivity index (χ0v) is 22.7. The van der Waals surface area contributed by atoms with E-state index in [1.54, 1.807) is 0 Å². The molecule has 1 aromatic rings. The van der Waals surface area contributed by atoms with Crippen LogP contribution in [0.25, 0.3) is 5.57 Å². The van der Waals surface area contributed by atoms with Gasteiger partial charge >= 0.3 is 6.16 Å². The SMILES string of the molecule is CCCCCCCCOC(=O)OC(CC)[N+]1(C)CCC=C(c2nsnc2OCCCCCC)C1. The summed E-state index contributed by atoms with van der Waals surface area (Å²) in [5.74, 6) is 0.633. The summed E-state index contributed by atoms with van der Waals surface area (Å²) in [5, 5.41) is 0. The number of rotatable bonds is 17. The lowest BCUT2D eigenvalue weighted by Gasteiger charge is -2.42. The molecule has 0 saturated heterocycles. The van der Waals surface area contributed by atoms with Gasteiger partial charge in [-0.05, 0) is 12.8 Å². The Kier molecular flexibility index (Phi) is 13.5. The van der Waals surface area contributed by atoms with Crippen molar-refractivity contribution in [1.29, 1.82) is 0 Å². The number of hydrogen-bond donors (Lipinski definition) is 0. The maximum atomic E-state index is 12.4. The van der Waals surface area contributed by atoms with Crippen LogP contribution in [0.3, 0.4) is 0 Å². The van der Waals surface area contributed by atoms with Gasteiger partial charge in [0, 0.05) is 18.4 Å². The molecule has 0 bridgehead atoms. The van der Waals surface area contributed by atoms with Crippen LogP contribution < -0.4 is 4.74 Å². The second kappa shape index (κ2) is 16.1. The van der Waals surface area contributed by atoms with E-state index in [-0.39, 0.29) is 6.23 Å². The Bertz CT molecular complexity index is 739. The standard InChI is InChI=1S/C26H46N3O4S/c1-5-8-10-12-13-15-20-32-26(30)33-23(7-3)29(4)18-16-17-22(21-29)24-25(28-34-27-24)31-19-14-11-9-6-2/h17,23H,5-16,18-21H2,1-4H3/q+1. The van der Waals surface area contributed by atoms with E-state index in [2.05, 4.69) is 42.6 Å². The first-order valence-corrected chi connectivity index (χ1v) is 14.1. The molecule has 1 aromatic heterocycles. The molecule has 2 unspecified atom stereocenters. The minimum Gasteiger partial charge on any atom is -0.475 e. The second-order valence-corrected chi connectivity index (χ2v) is 10.1. The van der Waals surface area contributed by atoms with Crippen LogP contribution in [-0.4, -0.2) is 59.0 Å². The summed E-state index contributed by atoms with van der Waals surface area (Å²) in [7, 11) is 2.15. The topological polar surface area (TPSA) is 70.5 Å². The minimum atomic E-state index is -0.553. The molecule has 0 saturated carbocycles. The lowest BCUT2D eigenvalue weighted by molar-refractivity contribution is -0.947. The highest BCUT2D eigenvalue weighted by Crippen LogP contribution is 2.32. The van der Waals surface area contributed by atoms with Crippen molar-refractivity contribution in [2.24, 2.45) is 0 Å². The van der Waals surface area contributed by atoms with E-state index >= 15 is 0 Å². The molecule has 34 heavy (non-hydrogen) atoms. The monoisotopic (exact) mass is 496 g/mol. The zero-order valence-electron chi connectivity index (χ0n) is 21.9. The van der Waals surface area contributed by atoms with Crippen molar-refractivity contribution in [3.8, 4) is 5.88 Å². The quantitative estimate of drug-likeness (QED) is 0.132. The smallest absolute Gasteiger partial charge is 0.475 e. The van der Waals surface area contributed by atoms with E-state index in [0.29, 0.717) is 23.6 Å². The van der Waals surface area contributed by atoms with E-state index in [0.717, 1.165) is 56.5 Å². The fourth-order valence-corrected chi connectivity index (χ4v) is 5.02. The largest absolute Gasteiger partial charge is 0.512 e. The molecule has 0 aliphatic carbocycles. The van der Waals surface area contributed by atoms with E-state index in [4.69, 9.17) is 14.2 Å². The molecular weight excluding hydrogens is 450 g/mol. The Morgan fingerprint density at radius 3 is 2.41 bits per heavy atom. The first-order chi connectivity index (χ1) is 16.5. The second-order valence-electron chi connectivity index (χ2n) is 9.55. The Morgan fingerprint density at radius 1 is 1.00 bits per heavy atom. The number of nitrogens with zero attached hydrogens (tertiary/aromatic N) is 3. The highest BCUT2D eigenvalue weighted by molar-refractivity contribution is 6.99. The minimum absolute atomic E-state index is 0.259. The molecule has 0 amide bonds. The summed E-state index contributed by atoms with van der Waals surface area (Å²) in [4.78, 5) is 12.4. The first-order valence-electron chi connectivity index (χ1n) is 13.4. The molecule has 1 aliphatic rings. The molecule has 2 rings (SSSR count). The molecule has 7 nitrogen and oxygen atoms in total. The van der Waals surface area contributed by atoms with Gasteiger partial charge in [-0.1, -0.05) is 78.2 Å². The number of carbonyl (C=O) groups excluding carboxylic acids is 1. The zero-order chi connectivity index (χ0) is 24.7. The lowest BCUT2D eigenvalue weighted by atomic mass is 10.0. The summed E-state index contributed by atoms with van der Waals surface area (Å²) >= 11 is 1.19. The number of carbonyl (C=O) groups is 1. The summed E-state index contributed by atoms with van der Waals surface area (Å²) < 4.78 is 26.7. The Hall–Kier alpha value is -1.67. The van der Waals surface area contributed by atoms with E-state index in [9.17, 15) is 4.79 Å². The summed E-state index contributed by atoms with van der Waals surface area (Å²) in [5.41, 5.74) is 1.96. The first kappa shape index (κ1) is 28.6. The van der Waals surface area contributed by atoms with Gasteiger partial charge in [0.1, 0.15) is 12.2 Å². The fourth-order valence-electron chi connectivity index (χ4n) is 4.49. The average Bonchev–Trinajstić information content (AvgIpc) is 3.30. The highest BCUT2D eigenvalue weighted by atomic mass is 32.1. The van der Waals surface area contributed by atoms with Crippen LogP contribution in [0.5, 0.6) is 5.88 Å². The number of quaternary nitrogens is 1. The van der Waals surface area contributed by atoms with Crippen molar-refractivity contribution in [3.05, 3.63) is 11.8 Å². The molecule has 0 N–H and O–H groups in total. The maximum absolute atomic E-state index is 12.4. The van der Waals surface area contributed by atoms with Crippen molar-refractivity contribution >= 4 is 23.5 Å². The molecular formula is C26H46N3O4S+. The van der Waals surface area contributed by atoms with Crippen LogP contribution in [0.4, 0.5) is 4.79 Å². The molecule has 8 heteroatoms.